The summed E-state index contributed by atoms with van der Waals surface area (Å²) in [6, 6.07) is 0. The Kier molecular flexibility index (Phi) is 5.99. The van der Waals surface area contributed by atoms with Crippen LogP contribution in [-0.2, 0) is 0 Å². The van der Waals surface area contributed by atoms with Crippen LogP contribution >= 0.6 is 0 Å². The molecular weight excluding hydrogens is 206 g/mol. The van der Waals surface area contributed by atoms with Crippen molar-refractivity contribution in [3.05, 3.63) is 0 Å². The standard InChI is InChI=1S/C16H33N/c1-6-10-16(4,5)15-8-12-17(13-9-15)11-7-14(2)3/h14-15H,6-13H2,1-5H3. The Morgan fingerprint density at radius 3 is 2.24 bits per heavy atom. The van der Waals surface area contributed by atoms with Crippen LogP contribution in [0.2, 0.25) is 0 Å². The minimum atomic E-state index is 0.568. The summed E-state index contributed by atoms with van der Waals surface area (Å²) in [6.45, 7) is 15.9. The molecule has 0 atom stereocenters. The van der Waals surface area contributed by atoms with Crippen LogP contribution in [0.5, 0.6) is 0 Å². The van der Waals surface area contributed by atoms with Crippen molar-refractivity contribution in [1.82, 2.24) is 4.90 Å². The molecule has 0 amide bonds. The molecule has 0 N–H and O–H groups in total. The number of rotatable bonds is 6. The lowest BCUT2D eigenvalue weighted by molar-refractivity contribution is 0.0907. The highest BCUT2D eigenvalue weighted by molar-refractivity contribution is 4.83. The maximum absolute atomic E-state index is 2.68. The van der Waals surface area contributed by atoms with Gasteiger partial charge in [-0.25, -0.2) is 0 Å². The highest BCUT2D eigenvalue weighted by Gasteiger charge is 2.31. The molecule has 0 aromatic carbocycles. The molecule has 1 aliphatic heterocycles. The normalized spacial score (nSPS) is 20.1. The molecule has 0 bridgehead atoms. The van der Waals surface area contributed by atoms with Gasteiger partial charge in [-0.05, 0) is 62.6 Å². The van der Waals surface area contributed by atoms with Crippen molar-refractivity contribution >= 4 is 0 Å². The summed E-state index contributed by atoms with van der Waals surface area (Å²) in [4.78, 5) is 2.68. The van der Waals surface area contributed by atoms with E-state index >= 15 is 0 Å². The van der Waals surface area contributed by atoms with Crippen LogP contribution in [-0.4, -0.2) is 24.5 Å². The van der Waals surface area contributed by atoms with Crippen molar-refractivity contribution in [1.29, 1.82) is 0 Å². The van der Waals surface area contributed by atoms with Crippen molar-refractivity contribution in [2.75, 3.05) is 19.6 Å². The van der Waals surface area contributed by atoms with E-state index in [4.69, 9.17) is 0 Å². The van der Waals surface area contributed by atoms with Gasteiger partial charge < -0.3 is 4.90 Å². The molecule has 1 fully saturated rings. The van der Waals surface area contributed by atoms with Crippen LogP contribution in [0, 0.1) is 17.3 Å². The molecule has 1 aliphatic rings. The van der Waals surface area contributed by atoms with E-state index in [0.717, 1.165) is 11.8 Å². The zero-order valence-electron chi connectivity index (χ0n) is 12.8. The molecule has 17 heavy (non-hydrogen) atoms. The Balaban J connectivity index is 2.30. The van der Waals surface area contributed by atoms with Gasteiger partial charge >= 0.3 is 0 Å². The summed E-state index contributed by atoms with van der Waals surface area (Å²) in [5.74, 6) is 1.81. The highest BCUT2D eigenvalue weighted by atomic mass is 15.1. The lowest BCUT2D eigenvalue weighted by Crippen LogP contribution is -2.39. The maximum Gasteiger partial charge on any atom is -0.00159 e. The predicted octanol–water partition coefficient (Wildman–Crippen LogP) is 4.57. The monoisotopic (exact) mass is 239 g/mol. The molecule has 1 heteroatoms. The van der Waals surface area contributed by atoms with Crippen LogP contribution in [0.4, 0.5) is 0 Å². The number of hydrogen-bond donors (Lipinski definition) is 0. The van der Waals surface area contributed by atoms with Crippen LogP contribution in [0.15, 0.2) is 0 Å². The summed E-state index contributed by atoms with van der Waals surface area (Å²) in [5, 5.41) is 0. The second-order valence-corrected chi connectivity index (χ2v) is 7.04. The Bertz CT molecular complexity index is 200. The first kappa shape index (κ1) is 15.0. The van der Waals surface area contributed by atoms with Gasteiger partial charge in [-0.2, -0.15) is 0 Å². The van der Waals surface area contributed by atoms with E-state index in [1.165, 1.54) is 51.7 Å². The van der Waals surface area contributed by atoms with Crippen LogP contribution in [0.3, 0.4) is 0 Å². The third-order valence-electron chi connectivity index (χ3n) is 4.61. The number of piperidine rings is 1. The summed E-state index contributed by atoms with van der Waals surface area (Å²) in [6.07, 6.45) is 6.93. The molecule has 0 aromatic rings. The van der Waals surface area contributed by atoms with Crippen LogP contribution < -0.4 is 0 Å². The van der Waals surface area contributed by atoms with E-state index in [0.29, 0.717) is 5.41 Å². The Morgan fingerprint density at radius 2 is 1.76 bits per heavy atom. The van der Waals surface area contributed by atoms with E-state index in [1.54, 1.807) is 0 Å². The lowest BCUT2D eigenvalue weighted by atomic mass is 9.71. The summed E-state index contributed by atoms with van der Waals surface area (Å²) < 4.78 is 0. The Hall–Kier alpha value is -0.0400. The molecule has 0 aliphatic carbocycles. The van der Waals surface area contributed by atoms with Crippen LogP contribution in [0.1, 0.15) is 66.7 Å². The van der Waals surface area contributed by atoms with Crippen molar-refractivity contribution in [3.8, 4) is 0 Å². The largest absolute Gasteiger partial charge is 0.303 e. The van der Waals surface area contributed by atoms with E-state index < -0.39 is 0 Å². The summed E-state index contributed by atoms with van der Waals surface area (Å²) in [5.41, 5.74) is 0.568. The van der Waals surface area contributed by atoms with E-state index in [9.17, 15) is 0 Å². The lowest BCUT2D eigenvalue weighted by Gasteiger charge is -2.41. The predicted molar refractivity (Wildman–Crippen MR) is 77.3 cm³/mol. The second kappa shape index (κ2) is 6.78. The van der Waals surface area contributed by atoms with Gasteiger partial charge in [-0.15, -0.1) is 0 Å². The van der Waals surface area contributed by atoms with Crippen molar-refractivity contribution < 1.29 is 0 Å². The molecule has 1 heterocycles. The van der Waals surface area contributed by atoms with Crippen LogP contribution in [0.25, 0.3) is 0 Å². The van der Waals surface area contributed by atoms with Gasteiger partial charge in [0.15, 0.2) is 0 Å². The van der Waals surface area contributed by atoms with Gasteiger partial charge in [-0.1, -0.05) is 41.0 Å². The average molecular weight is 239 g/mol. The SMILES string of the molecule is CCCC(C)(C)C1CCN(CCC(C)C)CC1. The zero-order chi connectivity index (χ0) is 12.9. The van der Waals surface area contributed by atoms with Gasteiger partial charge in [0.05, 0.1) is 0 Å². The molecular formula is C16H33N. The third-order valence-corrected chi connectivity index (χ3v) is 4.61. The number of hydrogen-bond acceptors (Lipinski definition) is 1. The van der Waals surface area contributed by atoms with Gasteiger partial charge in [0.2, 0.25) is 0 Å². The first-order valence-corrected chi connectivity index (χ1v) is 7.68. The number of likely N-dealkylation sites (tertiary alicyclic amines) is 1. The summed E-state index contributed by atoms with van der Waals surface area (Å²) in [7, 11) is 0. The first-order chi connectivity index (χ1) is 7.95. The molecule has 0 spiro atoms. The Labute approximate surface area is 109 Å². The van der Waals surface area contributed by atoms with Gasteiger partial charge in [-0.3, -0.25) is 0 Å². The van der Waals surface area contributed by atoms with Crippen molar-refractivity contribution in [2.24, 2.45) is 17.3 Å². The van der Waals surface area contributed by atoms with Crippen molar-refractivity contribution in [3.63, 3.8) is 0 Å². The first-order valence-electron chi connectivity index (χ1n) is 7.68. The smallest absolute Gasteiger partial charge is 0.00159 e. The maximum atomic E-state index is 2.68. The second-order valence-electron chi connectivity index (χ2n) is 7.04. The molecule has 1 saturated heterocycles. The van der Waals surface area contributed by atoms with E-state index in [1.807, 2.05) is 0 Å². The molecule has 1 nitrogen and oxygen atoms in total. The van der Waals surface area contributed by atoms with E-state index in [2.05, 4.69) is 39.5 Å². The fourth-order valence-electron chi connectivity index (χ4n) is 3.23. The molecule has 102 valence electrons. The minimum absolute atomic E-state index is 0.568. The fourth-order valence-corrected chi connectivity index (χ4v) is 3.23. The average Bonchev–Trinajstić information content (AvgIpc) is 2.27. The molecule has 1 rings (SSSR count). The van der Waals surface area contributed by atoms with Gasteiger partial charge in [0.1, 0.15) is 0 Å². The molecule has 0 unspecified atom stereocenters. The van der Waals surface area contributed by atoms with E-state index in [-0.39, 0.29) is 0 Å². The molecule has 0 saturated carbocycles. The quantitative estimate of drug-likeness (QED) is 0.656. The molecule has 0 aromatic heterocycles. The topological polar surface area (TPSA) is 3.24 Å². The zero-order valence-corrected chi connectivity index (χ0v) is 12.8. The summed E-state index contributed by atoms with van der Waals surface area (Å²) >= 11 is 0. The molecule has 0 radical (unpaired) electrons. The van der Waals surface area contributed by atoms with Gasteiger partial charge in [0.25, 0.3) is 0 Å². The minimum Gasteiger partial charge on any atom is -0.303 e. The van der Waals surface area contributed by atoms with Gasteiger partial charge in [0, 0.05) is 0 Å². The number of nitrogens with zero attached hydrogens (tertiary/aromatic N) is 1. The van der Waals surface area contributed by atoms with Crippen molar-refractivity contribution in [2.45, 2.75) is 66.7 Å². The Morgan fingerprint density at radius 1 is 1.18 bits per heavy atom. The third kappa shape index (κ3) is 4.99. The fraction of sp³-hybridized carbons (Fsp3) is 1.00. The highest BCUT2D eigenvalue weighted by Crippen LogP contribution is 2.38.